The number of hydrogen-bond acceptors (Lipinski definition) is 5. The van der Waals surface area contributed by atoms with Crippen molar-refractivity contribution < 1.29 is 9.59 Å². The zero-order valence-electron chi connectivity index (χ0n) is 16.9. The second kappa shape index (κ2) is 10.3. The van der Waals surface area contributed by atoms with Crippen LogP contribution in [0.15, 0.2) is 78.9 Å². The first kappa shape index (κ1) is 21.2. The summed E-state index contributed by atoms with van der Waals surface area (Å²) in [7, 11) is 0. The Hall–Kier alpha value is -3.55. The Labute approximate surface area is 175 Å². The summed E-state index contributed by atoms with van der Waals surface area (Å²) >= 11 is 0. The minimum Gasteiger partial charge on any atom is -0.287 e. The molecule has 3 aromatic rings. The van der Waals surface area contributed by atoms with Crippen molar-refractivity contribution in [1.82, 2.24) is 26.7 Å². The van der Waals surface area contributed by atoms with Gasteiger partial charge in [-0.1, -0.05) is 42.5 Å². The highest BCUT2D eigenvalue weighted by Gasteiger charge is 2.13. The Morgan fingerprint density at radius 2 is 1.03 bits per heavy atom. The lowest BCUT2D eigenvalue weighted by Crippen LogP contribution is -2.40. The van der Waals surface area contributed by atoms with Gasteiger partial charge >= 0.3 is 0 Å². The maximum atomic E-state index is 12.2. The summed E-state index contributed by atoms with van der Waals surface area (Å²) in [6, 6.07) is 23.2. The molecule has 2 unspecified atom stereocenters. The first-order chi connectivity index (χ1) is 14.5. The van der Waals surface area contributed by atoms with Crippen molar-refractivity contribution in [2.24, 2.45) is 0 Å². The summed E-state index contributed by atoms with van der Waals surface area (Å²) in [5.74, 6) is -0.422. The van der Waals surface area contributed by atoms with Gasteiger partial charge in [-0.2, -0.15) is 0 Å². The Balaban J connectivity index is 1.55. The molecule has 4 N–H and O–H groups in total. The van der Waals surface area contributed by atoms with Crippen molar-refractivity contribution in [1.29, 1.82) is 0 Å². The molecular formula is C23H25N5O2. The molecular weight excluding hydrogens is 378 g/mol. The molecule has 0 bridgehead atoms. The molecule has 7 nitrogen and oxygen atoms in total. The van der Waals surface area contributed by atoms with E-state index in [1.165, 1.54) is 0 Å². The zero-order chi connectivity index (χ0) is 21.3. The second-order valence-corrected chi connectivity index (χ2v) is 6.86. The molecule has 0 saturated heterocycles. The van der Waals surface area contributed by atoms with Gasteiger partial charge in [-0.05, 0) is 50.2 Å². The first-order valence-corrected chi connectivity index (χ1v) is 9.73. The van der Waals surface area contributed by atoms with Crippen LogP contribution in [0.5, 0.6) is 0 Å². The molecule has 154 valence electrons. The lowest BCUT2D eigenvalue weighted by atomic mass is 10.1. The van der Waals surface area contributed by atoms with Gasteiger partial charge in [0.25, 0.3) is 11.8 Å². The van der Waals surface area contributed by atoms with Crippen LogP contribution in [0.2, 0.25) is 0 Å². The van der Waals surface area contributed by atoms with Gasteiger partial charge < -0.3 is 0 Å². The monoisotopic (exact) mass is 403 g/mol. The van der Waals surface area contributed by atoms with E-state index >= 15 is 0 Å². The van der Waals surface area contributed by atoms with Crippen LogP contribution in [0.1, 0.15) is 58.0 Å². The van der Waals surface area contributed by atoms with Gasteiger partial charge in [0.05, 0.1) is 23.5 Å². The first-order valence-electron chi connectivity index (χ1n) is 9.73. The maximum Gasteiger partial charge on any atom is 0.265 e. The maximum absolute atomic E-state index is 12.2. The Kier molecular flexibility index (Phi) is 7.26. The molecule has 0 fully saturated rings. The van der Waals surface area contributed by atoms with Crippen LogP contribution in [-0.4, -0.2) is 16.8 Å². The summed E-state index contributed by atoms with van der Waals surface area (Å²) in [5.41, 5.74) is 14.1. The fourth-order valence-electron chi connectivity index (χ4n) is 2.77. The summed E-state index contributed by atoms with van der Waals surface area (Å²) in [6.07, 6.45) is 0. The molecule has 7 heteroatoms. The fraction of sp³-hybridized carbons (Fsp3) is 0.174. The average molecular weight is 403 g/mol. The number of nitrogens with zero attached hydrogens (tertiary/aromatic N) is 1. The fourth-order valence-corrected chi connectivity index (χ4v) is 2.77. The third-order valence-electron chi connectivity index (χ3n) is 4.56. The number of benzene rings is 2. The van der Waals surface area contributed by atoms with Crippen molar-refractivity contribution in [2.75, 3.05) is 0 Å². The molecule has 0 aliphatic rings. The third-order valence-corrected chi connectivity index (χ3v) is 4.56. The van der Waals surface area contributed by atoms with Crippen LogP contribution < -0.4 is 21.7 Å². The van der Waals surface area contributed by atoms with Crippen molar-refractivity contribution in [3.8, 4) is 0 Å². The van der Waals surface area contributed by atoms with Crippen molar-refractivity contribution in [3.63, 3.8) is 0 Å². The van der Waals surface area contributed by atoms with Gasteiger partial charge in [0.15, 0.2) is 0 Å². The molecule has 30 heavy (non-hydrogen) atoms. The van der Waals surface area contributed by atoms with E-state index in [0.29, 0.717) is 11.1 Å². The number of hydrazine groups is 2. The molecule has 0 radical (unpaired) electrons. The van der Waals surface area contributed by atoms with Crippen LogP contribution in [0.4, 0.5) is 0 Å². The zero-order valence-corrected chi connectivity index (χ0v) is 16.9. The number of nitrogens with one attached hydrogen (secondary N) is 4. The van der Waals surface area contributed by atoms with E-state index in [0.717, 1.165) is 11.4 Å². The van der Waals surface area contributed by atoms with Gasteiger partial charge in [-0.25, -0.2) is 10.9 Å². The van der Waals surface area contributed by atoms with Crippen molar-refractivity contribution >= 4 is 11.8 Å². The Morgan fingerprint density at radius 3 is 1.43 bits per heavy atom. The van der Waals surface area contributed by atoms with Gasteiger partial charge in [-0.3, -0.25) is 25.4 Å². The number of rotatable bonds is 8. The van der Waals surface area contributed by atoms with Crippen LogP contribution >= 0.6 is 0 Å². The SMILES string of the molecule is CC(NNC(=O)c1ccccc1)c1cccc(C(C)NNC(=O)c2ccccc2)n1. The van der Waals surface area contributed by atoms with Crippen molar-refractivity contribution in [3.05, 3.63) is 101 Å². The Bertz CT molecular complexity index is 902. The van der Waals surface area contributed by atoms with E-state index in [4.69, 9.17) is 0 Å². The van der Waals surface area contributed by atoms with Crippen LogP contribution in [0.25, 0.3) is 0 Å². The molecule has 2 aromatic carbocycles. The quantitative estimate of drug-likeness (QED) is 0.434. The summed E-state index contributed by atoms with van der Waals surface area (Å²) in [4.78, 5) is 29.0. The molecule has 2 atom stereocenters. The van der Waals surface area contributed by atoms with Gasteiger partial charge in [0, 0.05) is 11.1 Å². The topological polar surface area (TPSA) is 95.1 Å². The highest BCUT2D eigenvalue weighted by atomic mass is 16.2. The van der Waals surface area contributed by atoms with Crippen molar-refractivity contribution in [2.45, 2.75) is 25.9 Å². The second-order valence-electron chi connectivity index (χ2n) is 6.86. The van der Waals surface area contributed by atoms with Crippen LogP contribution in [0.3, 0.4) is 0 Å². The number of aromatic nitrogens is 1. The molecule has 0 aliphatic carbocycles. The molecule has 0 spiro atoms. The van der Waals surface area contributed by atoms with Crippen LogP contribution in [0, 0.1) is 0 Å². The predicted octanol–water partition coefficient (Wildman–Crippen LogP) is 3.07. The highest BCUT2D eigenvalue weighted by molar-refractivity contribution is 5.94. The standard InChI is InChI=1S/C23H25N5O2/c1-16(25-27-22(29)18-10-5-3-6-11-18)20-14-9-15-21(24-20)17(2)26-28-23(30)19-12-7-4-8-13-19/h3-17,25-26H,1-2H3,(H,27,29)(H,28,30). The molecule has 1 aromatic heterocycles. The number of amides is 2. The lowest BCUT2D eigenvalue weighted by Gasteiger charge is -2.18. The summed E-state index contributed by atoms with van der Waals surface area (Å²) in [6.45, 7) is 3.82. The van der Waals surface area contributed by atoms with E-state index in [9.17, 15) is 9.59 Å². The van der Waals surface area contributed by atoms with E-state index in [1.807, 2.05) is 68.4 Å². The van der Waals surface area contributed by atoms with Crippen LogP contribution in [-0.2, 0) is 0 Å². The lowest BCUT2D eigenvalue weighted by molar-refractivity contribution is 0.0919. The highest BCUT2D eigenvalue weighted by Crippen LogP contribution is 2.14. The van der Waals surface area contributed by atoms with E-state index in [-0.39, 0.29) is 23.9 Å². The van der Waals surface area contributed by atoms with Gasteiger partial charge in [0.1, 0.15) is 0 Å². The third kappa shape index (κ3) is 5.73. The number of hydrogen-bond donors (Lipinski definition) is 4. The molecule has 0 saturated carbocycles. The molecule has 1 heterocycles. The Morgan fingerprint density at radius 1 is 0.633 bits per heavy atom. The number of pyridine rings is 1. The van der Waals surface area contributed by atoms with Gasteiger partial charge in [-0.15, -0.1) is 0 Å². The normalized spacial score (nSPS) is 12.6. The minimum atomic E-state index is -0.211. The van der Waals surface area contributed by atoms with E-state index < -0.39 is 0 Å². The molecule has 3 rings (SSSR count). The number of carbonyl (C=O) groups excluding carboxylic acids is 2. The largest absolute Gasteiger partial charge is 0.287 e. The number of carbonyl (C=O) groups is 2. The van der Waals surface area contributed by atoms with E-state index in [1.54, 1.807) is 24.3 Å². The smallest absolute Gasteiger partial charge is 0.265 e. The molecule has 0 aliphatic heterocycles. The van der Waals surface area contributed by atoms with E-state index in [2.05, 4.69) is 26.7 Å². The summed E-state index contributed by atoms with van der Waals surface area (Å²) < 4.78 is 0. The molecule has 2 amide bonds. The minimum absolute atomic E-state index is 0.205. The summed E-state index contributed by atoms with van der Waals surface area (Å²) in [5, 5.41) is 0. The average Bonchev–Trinajstić information content (AvgIpc) is 2.81. The predicted molar refractivity (Wildman–Crippen MR) is 115 cm³/mol. The van der Waals surface area contributed by atoms with Gasteiger partial charge in [0.2, 0.25) is 0 Å².